The number of halogens is 1. The van der Waals surface area contributed by atoms with Gasteiger partial charge in [-0.25, -0.2) is 14.4 Å². The van der Waals surface area contributed by atoms with E-state index >= 15 is 0 Å². The van der Waals surface area contributed by atoms with Gasteiger partial charge in [-0.05, 0) is 36.8 Å². The third-order valence-electron chi connectivity index (χ3n) is 3.95. The monoisotopic (exact) mass is 361 g/mol. The number of nitrogens with zero attached hydrogens (tertiary/aromatic N) is 4. The maximum atomic E-state index is 14.4. The van der Waals surface area contributed by atoms with Gasteiger partial charge in [-0.15, -0.1) is 10.2 Å². The molecule has 27 heavy (non-hydrogen) atoms. The second-order valence-electron chi connectivity index (χ2n) is 6.05. The van der Waals surface area contributed by atoms with Gasteiger partial charge in [-0.2, -0.15) is 0 Å². The van der Waals surface area contributed by atoms with Gasteiger partial charge < -0.3 is 9.73 Å². The highest BCUT2D eigenvalue weighted by Crippen LogP contribution is 2.24. The first-order chi connectivity index (χ1) is 13.2. The lowest BCUT2D eigenvalue weighted by Gasteiger charge is -2.09. The van der Waals surface area contributed by atoms with E-state index in [1.54, 1.807) is 12.1 Å². The summed E-state index contributed by atoms with van der Waals surface area (Å²) in [7, 11) is 0. The van der Waals surface area contributed by atoms with Crippen LogP contribution in [0.15, 0.2) is 65.4 Å². The summed E-state index contributed by atoms with van der Waals surface area (Å²) in [6, 6.07) is 16.7. The van der Waals surface area contributed by atoms with Crippen molar-refractivity contribution in [2.24, 2.45) is 0 Å². The van der Waals surface area contributed by atoms with Crippen molar-refractivity contribution in [3.8, 4) is 11.5 Å². The molecular weight excluding hydrogens is 345 g/mol. The molecule has 4 rings (SSSR count). The molecule has 6 nitrogen and oxygen atoms in total. The zero-order chi connectivity index (χ0) is 18.6. The zero-order valence-corrected chi connectivity index (χ0v) is 14.6. The van der Waals surface area contributed by atoms with Crippen molar-refractivity contribution < 1.29 is 8.81 Å². The molecule has 2 heterocycles. The van der Waals surface area contributed by atoms with E-state index in [1.165, 1.54) is 6.07 Å². The molecule has 0 amide bonds. The van der Waals surface area contributed by atoms with Crippen molar-refractivity contribution in [2.75, 3.05) is 5.32 Å². The van der Waals surface area contributed by atoms with Gasteiger partial charge in [-0.1, -0.05) is 30.3 Å². The summed E-state index contributed by atoms with van der Waals surface area (Å²) in [6.45, 7) is 1.90. The molecule has 2 aromatic carbocycles. The first-order valence-electron chi connectivity index (χ1n) is 8.39. The maximum Gasteiger partial charge on any atom is 0.250 e. The number of benzene rings is 2. The molecule has 0 saturated heterocycles. The number of hydrogen-bond donors (Lipinski definition) is 1. The van der Waals surface area contributed by atoms with E-state index in [1.807, 2.05) is 31.2 Å². The normalized spacial score (nSPS) is 10.7. The second-order valence-corrected chi connectivity index (χ2v) is 6.05. The van der Waals surface area contributed by atoms with Crippen molar-refractivity contribution in [2.45, 2.75) is 13.3 Å². The topological polar surface area (TPSA) is 76.7 Å². The van der Waals surface area contributed by atoms with Crippen LogP contribution in [0, 0.1) is 12.7 Å². The lowest BCUT2D eigenvalue weighted by Crippen LogP contribution is -2.03. The predicted octanol–water partition coefficient (Wildman–Crippen LogP) is 4.31. The third-order valence-corrected chi connectivity index (χ3v) is 3.95. The standard InChI is InChI=1S/C20H16FN5O/c1-13-9-16(10-14-5-3-2-4-6-14)25-20(23-13)24-15-7-8-17(18(21)11-15)19-26-22-12-27-19/h2-9,11-12H,10H2,1H3,(H,23,24,25). The average molecular weight is 361 g/mol. The molecule has 2 aromatic heterocycles. The Labute approximate surface area is 155 Å². The number of nitrogens with one attached hydrogen (secondary N) is 1. The van der Waals surface area contributed by atoms with E-state index in [2.05, 4.69) is 37.6 Å². The number of hydrogen-bond acceptors (Lipinski definition) is 6. The molecule has 0 atom stereocenters. The summed E-state index contributed by atoms with van der Waals surface area (Å²) in [4.78, 5) is 8.93. The van der Waals surface area contributed by atoms with E-state index in [-0.39, 0.29) is 11.5 Å². The lowest BCUT2D eigenvalue weighted by atomic mass is 10.1. The van der Waals surface area contributed by atoms with Crippen molar-refractivity contribution in [3.63, 3.8) is 0 Å². The molecule has 7 heteroatoms. The van der Waals surface area contributed by atoms with Crippen molar-refractivity contribution in [1.82, 2.24) is 20.2 Å². The third kappa shape index (κ3) is 3.98. The number of anilines is 2. The van der Waals surface area contributed by atoms with Gasteiger partial charge in [0.25, 0.3) is 0 Å². The van der Waals surface area contributed by atoms with Crippen molar-refractivity contribution in [3.05, 3.63) is 83.8 Å². The van der Waals surface area contributed by atoms with E-state index in [4.69, 9.17) is 4.42 Å². The molecular formula is C20H16FN5O. The Hall–Kier alpha value is -3.61. The molecule has 0 spiro atoms. The summed E-state index contributed by atoms with van der Waals surface area (Å²) >= 11 is 0. The van der Waals surface area contributed by atoms with Crippen LogP contribution < -0.4 is 5.32 Å². The van der Waals surface area contributed by atoms with Gasteiger partial charge in [-0.3, -0.25) is 0 Å². The summed E-state index contributed by atoms with van der Waals surface area (Å²) in [5, 5.41) is 10.3. The van der Waals surface area contributed by atoms with Gasteiger partial charge >= 0.3 is 0 Å². The number of aryl methyl sites for hydroxylation is 1. The molecule has 0 radical (unpaired) electrons. The van der Waals surface area contributed by atoms with Gasteiger partial charge in [0.1, 0.15) is 5.82 Å². The smallest absolute Gasteiger partial charge is 0.250 e. The molecule has 0 aliphatic heterocycles. The van der Waals surface area contributed by atoms with Crippen LogP contribution in [0.3, 0.4) is 0 Å². The molecule has 0 bridgehead atoms. The minimum atomic E-state index is -0.471. The highest BCUT2D eigenvalue weighted by atomic mass is 19.1. The fourth-order valence-electron chi connectivity index (χ4n) is 2.77. The molecule has 4 aromatic rings. The van der Waals surface area contributed by atoms with Crippen molar-refractivity contribution >= 4 is 11.6 Å². The molecule has 0 fully saturated rings. The largest absolute Gasteiger partial charge is 0.423 e. The Bertz CT molecular complexity index is 1050. The Morgan fingerprint density at radius 1 is 1.04 bits per heavy atom. The van der Waals surface area contributed by atoms with Crippen LogP contribution in [0.2, 0.25) is 0 Å². The van der Waals surface area contributed by atoms with Gasteiger partial charge in [0.2, 0.25) is 18.2 Å². The summed E-state index contributed by atoms with van der Waals surface area (Å²) in [5.74, 6) is 0.0864. The van der Waals surface area contributed by atoms with Gasteiger partial charge in [0.05, 0.1) is 11.3 Å². The number of rotatable bonds is 5. The van der Waals surface area contributed by atoms with Crippen LogP contribution >= 0.6 is 0 Å². The molecule has 0 aliphatic rings. The van der Waals surface area contributed by atoms with Crippen LogP contribution in [0.5, 0.6) is 0 Å². The summed E-state index contributed by atoms with van der Waals surface area (Å²) in [5.41, 5.74) is 3.66. The molecule has 0 unspecified atom stereocenters. The SMILES string of the molecule is Cc1cc(Cc2ccccc2)nc(Nc2ccc(-c3nnco3)c(F)c2)n1. The molecule has 134 valence electrons. The van der Waals surface area contributed by atoms with E-state index in [0.29, 0.717) is 18.1 Å². The van der Waals surface area contributed by atoms with E-state index in [0.717, 1.165) is 23.3 Å². The van der Waals surface area contributed by atoms with Crippen LogP contribution in [-0.4, -0.2) is 20.2 Å². The Balaban J connectivity index is 1.56. The number of aromatic nitrogens is 4. The Morgan fingerprint density at radius 2 is 1.89 bits per heavy atom. The second kappa shape index (κ2) is 7.33. The Kier molecular flexibility index (Phi) is 4.57. The summed E-state index contributed by atoms with van der Waals surface area (Å²) in [6.07, 6.45) is 1.86. The van der Waals surface area contributed by atoms with E-state index < -0.39 is 5.82 Å². The van der Waals surface area contributed by atoms with Crippen LogP contribution in [0.1, 0.15) is 17.0 Å². The molecule has 0 aliphatic carbocycles. The van der Waals surface area contributed by atoms with Gasteiger partial charge in [0, 0.05) is 17.8 Å². The minimum absolute atomic E-state index is 0.135. The van der Waals surface area contributed by atoms with Crippen LogP contribution in [-0.2, 0) is 6.42 Å². The summed E-state index contributed by atoms with van der Waals surface area (Å²) < 4.78 is 19.4. The van der Waals surface area contributed by atoms with Gasteiger partial charge in [0.15, 0.2) is 0 Å². The highest BCUT2D eigenvalue weighted by Gasteiger charge is 2.11. The first-order valence-corrected chi connectivity index (χ1v) is 8.39. The zero-order valence-electron chi connectivity index (χ0n) is 14.6. The molecule has 0 saturated carbocycles. The molecule has 1 N–H and O–H groups in total. The Morgan fingerprint density at radius 3 is 2.63 bits per heavy atom. The highest BCUT2D eigenvalue weighted by molar-refractivity contribution is 5.62. The fraction of sp³-hybridized carbons (Fsp3) is 0.100. The van der Waals surface area contributed by atoms with Crippen LogP contribution in [0.4, 0.5) is 16.0 Å². The predicted molar refractivity (Wildman–Crippen MR) is 99.0 cm³/mol. The van der Waals surface area contributed by atoms with Crippen LogP contribution in [0.25, 0.3) is 11.5 Å². The average Bonchev–Trinajstić information content (AvgIpc) is 3.16. The fourth-order valence-corrected chi connectivity index (χ4v) is 2.77. The first kappa shape index (κ1) is 16.8. The minimum Gasteiger partial charge on any atom is -0.423 e. The lowest BCUT2D eigenvalue weighted by molar-refractivity contribution is 0.558. The van der Waals surface area contributed by atoms with E-state index in [9.17, 15) is 4.39 Å². The van der Waals surface area contributed by atoms with Crippen molar-refractivity contribution in [1.29, 1.82) is 0 Å². The quantitative estimate of drug-likeness (QED) is 0.571. The maximum absolute atomic E-state index is 14.4.